The number of hydrogen-bond donors (Lipinski definition) is 1. The number of Topliss-reactive ketones (excluding diaryl/α,β-unsaturated/α-hetero) is 1. The first kappa shape index (κ1) is 23.8. The summed E-state index contributed by atoms with van der Waals surface area (Å²) in [5.41, 5.74) is 0.622. The molecule has 0 saturated heterocycles. The quantitative estimate of drug-likeness (QED) is 0.554. The van der Waals surface area contributed by atoms with Gasteiger partial charge in [-0.15, -0.1) is 0 Å². The molecule has 2 aromatic carbocycles. The number of alkyl halides is 3. The molecule has 0 saturated carbocycles. The molecule has 7 heteroatoms. The number of esters is 1. The number of ketones is 1. The molecule has 0 radical (unpaired) electrons. The Bertz CT molecular complexity index is 1190. The number of halogens is 3. The zero-order chi connectivity index (χ0) is 24.7. The molecule has 0 spiro atoms. The largest absolute Gasteiger partial charge is 0.457 e. The summed E-state index contributed by atoms with van der Waals surface area (Å²) in [5, 5.41) is 3.15. The SMILES string of the molecule is CC1=C(C(=O)OCc2ccccc2)[C@@H](c2ccccc2C(F)(F)F)C2=C(CC(C)(C)CC2=O)N1. The van der Waals surface area contributed by atoms with Crippen LogP contribution in [0.3, 0.4) is 0 Å². The first-order chi connectivity index (χ1) is 16.0. The monoisotopic (exact) mass is 469 g/mol. The highest BCUT2D eigenvalue weighted by atomic mass is 19.4. The average Bonchev–Trinajstić information content (AvgIpc) is 2.75. The highest BCUT2D eigenvalue weighted by molar-refractivity contribution is 6.04. The van der Waals surface area contributed by atoms with Crippen LogP contribution in [0.4, 0.5) is 13.2 Å². The van der Waals surface area contributed by atoms with Gasteiger partial charge in [0.1, 0.15) is 6.61 Å². The van der Waals surface area contributed by atoms with E-state index in [1.807, 2.05) is 19.9 Å². The van der Waals surface area contributed by atoms with Crippen LogP contribution in [-0.2, 0) is 27.1 Å². The Labute approximate surface area is 196 Å². The number of carbonyl (C=O) groups is 2. The van der Waals surface area contributed by atoms with Gasteiger partial charge in [0.05, 0.1) is 11.1 Å². The van der Waals surface area contributed by atoms with E-state index >= 15 is 0 Å². The number of hydrogen-bond acceptors (Lipinski definition) is 4. The molecule has 0 unspecified atom stereocenters. The summed E-state index contributed by atoms with van der Waals surface area (Å²) in [6, 6.07) is 14.1. The summed E-state index contributed by atoms with van der Waals surface area (Å²) >= 11 is 0. The fraction of sp³-hybridized carbons (Fsp3) is 0.333. The Morgan fingerprint density at radius 1 is 1.06 bits per heavy atom. The smallest absolute Gasteiger partial charge is 0.416 e. The van der Waals surface area contributed by atoms with Gasteiger partial charge in [-0.3, -0.25) is 4.79 Å². The molecular formula is C27H26F3NO3. The van der Waals surface area contributed by atoms with Crippen LogP contribution in [-0.4, -0.2) is 11.8 Å². The minimum absolute atomic E-state index is 0.0273. The van der Waals surface area contributed by atoms with Crippen LogP contribution in [0.1, 0.15) is 56.2 Å². The first-order valence-corrected chi connectivity index (χ1v) is 11.1. The predicted molar refractivity (Wildman–Crippen MR) is 121 cm³/mol. The van der Waals surface area contributed by atoms with Gasteiger partial charge in [-0.2, -0.15) is 13.2 Å². The Morgan fingerprint density at radius 3 is 2.38 bits per heavy atom. The van der Waals surface area contributed by atoms with Gasteiger partial charge in [0.2, 0.25) is 0 Å². The molecule has 34 heavy (non-hydrogen) atoms. The van der Waals surface area contributed by atoms with Gasteiger partial charge in [0.15, 0.2) is 5.78 Å². The van der Waals surface area contributed by atoms with Crippen molar-refractivity contribution < 1.29 is 27.5 Å². The van der Waals surface area contributed by atoms with Crippen molar-refractivity contribution in [3.8, 4) is 0 Å². The van der Waals surface area contributed by atoms with E-state index in [1.165, 1.54) is 18.2 Å². The summed E-state index contributed by atoms with van der Waals surface area (Å²) in [7, 11) is 0. The summed E-state index contributed by atoms with van der Waals surface area (Å²) in [6.45, 7) is 5.49. The summed E-state index contributed by atoms with van der Waals surface area (Å²) < 4.78 is 47.5. The van der Waals surface area contributed by atoms with Crippen LogP contribution >= 0.6 is 0 Å². The van der Waals surface area contributed by atoms with Gasteiger partial charge in [-0.05, 0) is 36.0 Å². The number of allylic oxidation sites excluding steroid dienone is 3. The molecule has 0 amide bonds. The van der Waals surface area contributed by atoms with Gasteiger partial charge >= 0.3 is 12.1 Å². The lowest BCUT2D eigenvalue weighted by Gasteiger charge is -2.40. The molecular weight excluding hydrogens is 443 g/mol. The van der Waals surface area contributed by atoms with Crippen molar-refractivity contribution in [1.29, 1.82) is 0 Å². The molecule has 178 valence electrons. The van der Waals surface area contributed by atoms with Crippen LogP contribution in [0.2, 0.25) is 0 Å². The van der Waals surface area contributed by atoms with Gasteiger partial charge in [0, 0.05) is 29.3 Å². The maximum absolute atomic E-state index is 14.0. The molecule has 2 aliphatic rings. The van der Waals surface area contributed by atoms with Crippen LogP contribution < -0.4 is 5.32 Å². The van der Waals surface area contributed by atoms with E-state index in [0.29, 0.717) is 17.8 Å². The third-order valence-electron chi connectivity index (χ3n) is 6.25. The second kappa shape index (κ2) is 8.78. The highest BCUT2D eigenvalue weighted by Crippen LogP contribution is 2.49. The second-order valence-electron chi connectivity index (χ2n) is 9.58. The Balaban J connectivity index is 1.82. The van der Waals surface area contributed by atoms with Crippen LogP contribution in [0.15, 0.2) is 77.1 Å². The predicted octanol–water partition coefficient (Wildman–Crippen LogP) is 6.05. The Hall–Kier alpha value is -3.35. The zero-order valence-corrected chi connectivity index (χ0v) is 19.3. The van der Waals surface area contributed by atoms with E-state index in [2.05, 4.69) is 5.32 Å². The molecule has 1 aliphatic carbocycles. The zero-order valence-electron chi connectivity index (χ0n) is 19.3. The van der Waals surface area contributed by atoms with Crippen molar-refractivity contribution in [1.82, 2.24) is 5.32 Å². The molecule has 1 aliphatic heterocycles. The molecule has 0 bridgehead atoms. The Morgan fingerprint density at radius 2 is 1.71 bits per heavy atom. The minimum atomic E-state index is -4.65. The van der Waals surface area contributed by atoms with E-state index in [0.717, 1.165) is 11.6 Å². The van der Waals surface area contributed by atoms with Crippen molar-refractivity contribution in [2.75, 3.05) is 0 Å². The second-order valence-corrected chi connectivity index (χ2v) is 9.58. The van der Waals surface area contributed by atoms with E-state index < -0.39 is 23.6 Å². The lowest BCUT2D eigenvalue weighted by Crippen LogP contribution is -2.39. The molecule has 1 N–H and O–H groups in total. The standard InChI is InChI=1S/C27H26F3NO3/c1-16-22(25(33)34-15-17-9-5-4-6-10-17)23(18-11-7-8-12-19(18)27(28,29)30)24-20(31-16)13-26(2,3)14-21(24)32/h4-12,23,31H,13-15H2,1-3H3/t23-/m1/s1. The van der Waals surface area contributed by atoms with Crippen LogP contribution in [0.25, 0.3) is 0 Å². The maximum Gasteiger partial charge on any atom is 0.416 e. The van der Waals surface area contributed by atoms with Gasteiger partial charge in [-0.1, -0.05) is 62.4 Å². The van der Waals surface area contributed by atoms with Crippen LogP contribution in [0, 0.1) is 5.41 Å². The first-order valence-electron chi connectivity index (χ1n) is 11.1. The number of carbonyl (C=O) groups excluding carboxylic acids is 2. The van der Waals surface area contributed by atoms with E-state index in [-0.39, 0.29) is 40.9 Å². The molecule has 0 fully saturated rings. The van der Waals surface area contributed by atoms with Crippen LogP contribution in [0.5, 0.6) is 0 Å². The average molecular weight is 470 g/mol. The number of ether oxygens (including phenoxy) is 1. The van der Waals surface area contributed by atoms with Crippen molar-refractivity contribution in [2.45, 2.75) is 52.3 Å². The summed E-state index contributed by atoms with van der Waals surface area (Å²) in [4.78, 5) is 26.6. The molecule has 0 aromatic heterocycles. The van der Waals surface area contributed by atoms with Crippen molar-refractivity contribution in [3.63, 3.8) is 0 Å². The minimum Gasteiger partial charge on any atom is -0.457 e. The third kappa shape index (κ3) is 4.65. The lowest BCUT2D eigenvalue weighted by atomic mass is 9.68. The highest BCUT2D eigenvalue weighted by Gasteiger charge is 2.46. The maximum atomic E-state index is 14.0. The molecule has 2 aromatic rings. The van der Waals surface area contributed by atoms with Gasteiger partial charge in [-0.25, -0.2) is 4.79 Å². The normalized spacial score (nSPS) is 20.1. The lowest BCUT2D eigenvalue weighted by molar-refractivity contribution is -0.142. The number of dihydropyridines is 1. The molecule has 4 nitrogen and oxygen atoms in total. The fourth-order valence-corrected chi connectivity index (χ4v) is 4.83. The van der Waals surface area contributed by atoms with Gasteiger partial charge < -0.3 is 10.1 Å². The molecule has 4 rings (SSSR count). The molecule has 1 atom stereocenters. The summed E-state index contributed by atoms with van der Waals surface area (Å²) in [6.07, 6.45) is -3.97. The topological polar surface area (TPSA) is 55.4 Å². The number of benzene rings is 2. The third-order valence-corrected chi connectivity index (χ3v) is 6.25. The van der Waals surface area contributed by atoms with E-state index in [9.17, 15) is 22.8 Å². The number of rotatable bonds is 4. The number of nitrogens with one attached hydrogen (secondary N) is 1. The fourth-order valence-electron chi connectivity index (χ4n) is 4.83. The summed E-state index contributed by atoms with van der Waals surface area (Å²) in [5.74, 6) is -2.18. The Kier molecular flexibility index (Phi) is 6.14. The van der Waals surface area contributed by atoms with Crippen molar-refractivity contribution >= 4 is 11.8 Å². The molecule has 1 heterocycles. The van der Waals surface area contributed by atoms with Crippen molar-refractivity contribution in [3.05, 3.63) is 93.8 Å². The van der Waals surface area contributed by atoms with E-state index in [4.69, 9.17) is 4.74 Å². The van der Waals surface area contributed by atoms with Gasteiger partial charge in [0.25, 0.3) is 0 Å². The van der Waals surface area contributed by atoms with E-state index in [1.54, 1.807) is 31.2 Å². The van der Waals surface area contributed by atoms with Crippen molar-refractivity contribution in [2.24, 2.45) is 5.41 Å².